The van der Waals surface area contributed by atoms with Gasteiger partial charge in [0.1, 0.15) is 5.82 Å². The van der Waals surface area contributed by atoms with Gasteiger partial charge in [-0.25, -0.2) is 4.98 Å². The molecule has 1 saturated carbocycles. The second-order valence-electron chi connectivity index (χ2n) is 7.65. The molecule has 1 N–H and O–H groups in total. The minimum absolute atomic E-state index is 0.102. The van der Waals surface area contributed by atoms with E-state index in [0.717, 1.165) is 50.8 Å². The molecular formula is C21H29N3O2. The Morgan fingerprint density at radius 1 is 1.15 bits per heavy atom. The molecule has 1 atom stereocenters. The summed E-state index contributed by atoms with van der Waals surface area (Å²) in [5.41, 5.74) is 3.54. The number of imidazole rings is 1. The first-order valence-electron chi connectivity index (χ1n) is 9.79. The molecule has 1 aliphatic heterocycles. The van der Waals surface area contributed by atoms with Gasteiger partial charge in [-0.15, -0.1) is 0 Å². The van der Waals surface area contributed by atoms with Crippen molar-refractivity contribution in [3.8, 4) is 0 Å². The average molecular weight is 355 g/mol. The second-order valence-corrected chi connectivity index (χ2v) is 7.65. The summed E-state index contributed by atoms with van der Waals surface area (Å²) < 4.78 is 8.18. The minimum atomic E-state index is 0.102. The van der Waals surface area contributed by atoms with Crippen LogP contribution in [0, 0.1) is 5.92 Å². The molecule has 2 heterocycles. The van der Waals surface area contributed by atoms with E-state index in [4.69, 9.17) is 9.72 Å². The van der Waals surface area contributed by atoms with Crippen LogP contribution in [0.2, 0.25) is 0 Å². The minimum Gasteiger partial charge on any atom is -0.392 e. The molecule has 0 amide bonds. The molecule has 26 heavy (non-hydrogen) atoms. The largest absolute Gasteiger partial charge is 0.392 e. The summed E-state index contributed by atoms with van der Waals surface area (Å²) in [5, 5.41) is 9.18. The summed E-state index contributed by atoms with van der Waals surface area (Å²) in [6.07, 6.45) is 5.68. The number of hydrogen-bond donors (Lipinski definition) is 1. The zero-order valence-electron chi connectivity index (χ0n) is 15.6. The van der Waals surface area contributed by atoms with Crippen molar-refractivity contribution >= 4 is 0 Å². The number of aromatic nitrogens is 2. The Labute approximate surface area is 155 Å². The van der Waals surface area contributed by atoms with Crippen LogP contribution >= 0.6 is 0 Å². The van der Waals surface area contributed by atoms with Gasteiger partial charge in [-0.3, -0.25) is 4.90 Å². The van der Waals surface area contributed by atoms with Crippen LogP contribution in [0.4, 0.5) is 0 Å². The standard InChI is InChI=1S/C21H29N3O2/c1-16-21-22-12-20(8-11-26-15-19-6-7-19)24(21)10-9-23(16)13-17-2-4-18(14-25)5-3-17/h2-5,12,16,19,25H,6-11,13-15H2,1H3. The second kappa shape index (κ2) is 7.91. The van der Waals surface area contributed by atoms with Crippen LogP contribution < -0.4 is 0 Å². The average Bonchev–Trinajstić information content (AvgIpc) is 3.40. The van der Waals surface area contributed by atoms with Gasteiger partial charge in [-0.1, -0.05) is 24.3 Å². The summed E-state index contributed by atoms with van der Waals surface area (Å²) in [6.45, 7) is 7.02. The highest BCUT2D eigenvalue weighted by molar-refractivity contribution is 5.22. The van der Waals surface area contributed by atoms with E-state index in [1.54, 1.807) is 0 Å². The topological polar surface area (TPSA) is 50.5 Å². The molecule has 2 aliphatic rings. The Balaban J connectivity index is 1.35. The Kier molecular flexibility index (Phi) is 5.38. The molecule has 5 heteroatoms. The number of aliphatic hydroxyl groups is 1. The third-order valence-corrected chi connectivity index (χ3v) is 5.65. The number of fused-ring (bicyclic) bond motifs is 1. The fourth-order valence-corrected chi connectivity index (χ4v) is 3.72. The maximum absolute atomic E-state index is 9.18. The summed E-state index contributed by atoms with van der Waals surface area (Å²) in [6, 6.07) is 8.54. The molecule has 140 valence electrons. The highest BCUT2D eigenvalue weighted by Gasteiger charge is 2.27. The summed E-state index contributed by atoms with van der Waals surface area (Å²) in [7, 11) is 0. The van der Waals surface area contributed by atoms with Crippen molar-refractivity contribution < 1.29 is 9.84 Å². The monoisotopic (exact) mass is 355 g/mol. The smallest absolute Gasteiger partial charge is 0.126 e. The fraction of sp³-hybridized carbons (Fsp3) is 0.571. The molecule has 1 aromatic heterocycles. The predicted molar refractivity (Wildman–Crippen MR) is 101 cm³/mol. The molecule has 0 bridgehead atoms. The summed E-state index contributed by atoms with van der Waals surface area (Å²) in [4.78, 5) is 7.19. The highest BCUT2D eigenvalue weighted by Crippen LogP contribution is 2.29. The fourth-order valence-electron chi connectivity index (χ4n) is 3.72. The molecule has 0 spiro atoms. The number of ether oxygens (including phenoxy) is 1. The number of hydrogen-bond acceptors (Lipinski definition) is 4. The number of rotatable bonds is 8. The van der Waals surface area contributed by atoms with Crippen LogP contribution in [0.25, 0.3) is 0 Å². The Bertz CT molecular complexity index is 721. The third kappa shape index (κ3) is 4.00. The van der Waals surface area contributed by atoms with Crippen molar-refractivity contribution in [2.24, 2.45) is 5.92 Å². The van der Waals surface area contributed by atoms with Crippen LogP contribution in [0.1, 0.15) is 48.5 Å². The van der Waals surface area contributed by atoms with Crippen molar-refractivity contribution in [1.82, 2.24) is 14.5 Å². The lowest BCUT2D eigenvalue weighted by molar-refractivity contribution is 0.124. The molecule has 1 unspecified atom stereocenters. The maximum atomic E-state index is 9.18. The molecule has 5 nitrogen and oxygen atoms in total. The van der Waals surface area contributed by atoms with E-state index in [1.807, 2.05) is 18.3 Å². The quantitative estimate of drug-likeness (QED) is 0.740. The predicted octanol–water partition coefficient (Wildman–Crippen LogP) is 2.92. The molecule has 4 rings (SSSR count). The number of nitrogens with zero attached hydrogens (tertiary/aromatic N) is 3. The van der Waals surface area contributed by atoms with Gasteiger partial charge >= 0.3 is 0 Å². The van der Waals surface area contributed by atoms with Crippen molar-refractivity contribution in [3.05, 3.63) is 53.1 Å². The van der Waals surface area contributed by atoms with Crippen molar-refractivity contribution in [2.75, 3.05) is 19.8 Å². The van der Waals surface area contributed by atoms with E-state index < -0.39 is 0 Å². The van der Waals surface area contributed by atoms with Gasteiger partial charge in [0.15, 0.2) is 0 Å². The molecule has 0 saturated heterocycles. The lowest BCUT2D eigenvalue weighted by atomic mass is 10.1. The zero-order valence-corrected chi connectivity index (χ0v) is 15.6. The van der Waals surface area contributed by atoms with E-state index >= 15 is 0 Å². The van der Waals surface area contributed by atoms with E-state index in [9.17, 15) is 5.11 Å². The van der Waals surface area contributed by atoms with Crippen molar-refractivity contribution in [3.63, 3.8) is 0 Å². The first-order valence-corrected chi connectivity index (χ1v) is 9.79. The van der Waals surface area contributed by atoms with E-state index in [0.29, 0.717) is 6.04 Å². The Hall–Kier alpha value is -1.69. The van der Waals surface area contributed by atoms with E-state index in [1.165, 1.54) is 29.9 Å². The third-order valence-electron chi connectivity index (χ3n) is 5.65. The van der Waals surface area contributed by atoms with E-state index in [-0.39, 0.29) is 6.61 Å². The molecule has 1 aromatic carbocycles. The number of benzene rings is 1. The molecule has 2 aromatic rings. The zero-order chi connectivity index (χ0) is 17.9. The Morgan fingerprint density at radius 3 is 2.65 bits per heavy atom. The Morgan fingerprint density at radius 2 is 1.92 bits per heavy atom. The summed E-state index contributed by atoms with van der Waals surface area (Å²) in [5.74, 6) is 2.00. The molecule has 1 aliphatic carbocycles. The van der Waals surface area contributed by atoms with Gasteiger partial charge in [-0.2, -0.15) is 0 Å². The molecule has 1 fully saturated rings. The summed E-state index contributed by atoms with van der Waals surface area (Å²) >= 11 is 0. The van der Waals surface area contributed by atoms with Gasteiger partial charge in [0.25, 0.3) is 0 Å². The molecule has 0 radical (unpaired) electrons. The van der Waals surface area contributed by atoms with E-state index in [2.05, 4.69) is 28.5 Å². The van der Waals surface area contributed by atoms with Crippen LogP contribution in [0.3, 0.4) is 0 Å². The van der Waals surface area contributed by atoms with Gasteiger partial charge in [0, 0.05) is 44.6 Å². The van der Waals surface area contributed by atoms with Crippen LogP contribution in [0.15, 0.2) is 30.5 Å². The van der Waals surface area contributed by atoms with Gasteiger partial charge in [0.2, 0.25) is 0 Å². The first kappa shape index (κ1) is 17.7. The lowest BCUT2D eigenvalue weighted by Gasteiger charge is -2.34. The van der Waals surface area contributed by atoms with Gasteiger partial charge < -0.3 is 14.4 Å². The van der Waals surface area contributed by atoms with Crippen LogP contribution in [0.5, 0.6) is 0 Å². The van der Waals surface area contributed by atoms with Gasteiger partial charge in [-0.05, 0) is 36.8 Å². The van der Waals surface area contributed by atoms with Crippen LogP contribution in [-0.4, -0.2) is 39.3 Å². The maximum Gasteiger partial charge on any atom is 0.126 e. The molecular weight excluding hydrogens is 326 g/mol. The first-order chi connectivity index (χ1) is 12.7. The SMILES string of the molecule is CC1c2ncc(CCOCC3CC3)n2CCN1Cc1ccc(CO)cc1. The lowest BCUT2D eigenvalue weighted by Crippen LogP contribution is -2.37. The number of aliphatic hydroxyl groups excluding tert-OH is 1. The van der Waals surface area contributed by atoms with Crippen molar-refractivity contribution in [1.29, 1.82) is 0 Å². The van der Waals surface area contributed by atoms with Gasteiger partial charge in [0.05, 0.1) is 19.3 Å². The highest BCUT2D eigenvalue weighted by atomic mass is 16.5. The van der Waals surface area contributed by atoms with Crippen molar-refractivity contribution in [2.45, 2.75) is 51.9 Å². The van der Waals surface area contributed by atoms with Crippen LogP contribution in [-0.2, 0) is 30.9 Å². The normalized spacial score (nSPS) is 20.3.